The van der Waals surface area contributed by atoms with E-state index in [-0.39, 0.29) is 40.1 Å². The van der Waals surface area contributed by atoms with E-state index in [1.165, 1.54) is 30.6 Å². The first kappa shape index (κ1) is 27.5. The molecule has 0 bridgehead atoms. The highest BCUT2D eigenvalue weighted by atomic mass is 32.1. The van der Waals surface area contributed by atoms with Crippen LogP contribution in [0, 0.1) is 29.9 Å². The average molecular weight is 583 g/mol. The fraction of sp³-hybridized carbons (Fsp3) is 0.154. The van der Waals surface area contributed by atoms with Gasteiger partial charge >= 0.3 is 11.4 Å². The van der Waals surface area contributed by atoms with E-state index in [1.807, 2.05) is 0 Å². The van der Waals surface area contributed by atoms with E-state index in [4.69, 9.17) is 0 Å². The van der Waals surface area contributed by atoms with Crippen LogP contribution in [-0.4, -0.2) is 37.1 Å². The monoisotopic (exact) mass is 582 g/mol. The van der Waals surface area contributed by atoms with Crippen molar-refractivity contribution in [2.24, 2.45) is 0 Å². The van der Waals surface area contributed by atoms with Crippen molar-refractivity contribution in [1.82, 2.24) is 24.1 Å². The summed E-state index contributed by atoms with van der Waals surface area (Å²) < 4.78 is 56.4. The third kappa shape index (κ3) is 5.77. The van der Waals surface area contributed by atoms with E-state index in [9.17, 15) is 28.0 Å². The molecule has 0 radical (unpaired) electrons. The molecule has 2 N–H and O–H groups in total. The van der Waals surface area contributed by atoms with Crippen molar-refractivity contribution < 1.29 is 17.6 Å². The van der Waals surface area contributed by atoms with Crippen LogP contribution in [0.5, 0.6) is 0 Å². The molecule has 0 saturated carbocycles. The van der Waals surface area contributed by atoms with Crippen LogP contribution in [0.4, 0.5) is 34.3 Å². The predicted molar refractivity (Wildman–Crippen MR) is 144 cm³/mol. The van der Waals surface area contributed by atoms with Crippen molar-refractivity contribution in [3.63, 3.8) is 0 Å². The first-order valence-corrected chi connectivity index (χ1v) is 12.7. The second-order valence-corrected chi connectivity index (χ2v) is 9.82. The lowest BCUT2D eigenvalue weighted by Crippen LogP contribution is -2.41. The Kier molecular flexibility index (Phi) is 7.49. The Bertz CT molecular complexity index is 1950. The molecule has 15 heteroatoms. The molecule has 0 aliphatic rings. The Balaban J connectivity index is 1.62. The zero-order chi connectivity index (χ0) is 29.3. The molecule has 0 aliphatic carbocycles. The van der Waals surface area contributed by atoms with E-state index >= 15 is 4.39 Å². The van der Waals surface area contributed by atoms with Crippen molar-refractivity contribution in [3.8, 4) is 11.8 Å². The van der Waals surface area contributed by atoms with Crippen LogP contribution in [0.15, 0.2) is 58.4 Å². The Hall–Kier alpha value is -5.10. The Morgan fingerprint density at radius 2 is 1.88 bits per heavy atom. The van der Waals surface area contributed by atoms with Crippen molar-refractivity contribution in [2.75, 3.05) is 17.2 Å². The van der Waals surface area contributed by atoms with Gasteiger partial charge in [0.1, 0.15) is 17.7 Å². The average Bonchev–Trinajstić information content (AvgIpc) is 3.32. The molecule has 3 heterocycles. The topological polar surface area (TPSA) is 131 Å². The SMILES string of the molecule is Cc1cncc(-n2c(=O)nc(Nc3cc4sc(NCC(F)F)nc4cc3F)n(Cc3ccc(F)c(C#N)c3)c2=O)c1. The number of aryl methyl sites for hydroxylation is 1. The first-order valence-electron chi connectivity index (χ1n) is 11.9. The third-order valence-corrected chi connectivity index (χ3v) is 6.79. The van der Waals surface area contributed by atoms with Crippen LogP contribution in [0.2, 0.25) is 0 Å². The molecule has 5 rings (SSSR count). The fourth-order valence-corrected chi connectivity index (χ4v) is 4.85. The van der Waals surface area contributed by atoms with Crippen molar-refractivity contribution in [1.29, 1.82) is 5.26 Å². The third-order valence-electron chi connectivity index (χ3n) is 5.81. The molecule has 0 unspecified atom stereocenters. The van der Waals surface area contributed by atoms with Gasteiger partial charge in [0, 0.05) is 12.3 Å². The highest BCUT2D eigenvalue weighted by Crippen LogP contribution is 2.31. The molecule has 41 heavy (non-hydrogen) atoms. The molecule has 5 aromatic rings. The molecule has 0 saturated heterocycles. The lowest BCUT2D eigenvalue weighted by molar-refractivity contribution is 0.163. The molecular weight excluding hydrogens is 564 g/mol. The van der Waals surface area contributed by atoms with Crippen LogP contribution in [-0.2, 0) is 6.54 Å². The van der Waals surface area contributed by atoms with Crippen molar-refractivity contribution in [3.05, 3.63) is 98.1 Å². The highest BCUT2D eigenvalue weighted by Gasteiger charge is 2.19. The predicted octanol–water partition coefficient (Wildman–Crippen LogP) is 4.33. The lowest BCUT2D eigenvalue weighted by atomic mass is 10.1. The number of hydrogen-bond acceptors (Lipinski definition) is 9. The Morgan fingerprint density at radius 3 is 2.61 bits per heavy atom. The molecule has 0 amide bonds. The number of anilines is 3. The Morgan fingerprint density at radius 1 is 1.07 bits per heavy atom. The van der Waals surface area contributed by atoms with Crippen LogP contribution in [0.1, 0.15) is 16.7 Å². The number of aromatic nitrogens is 5. The van der Waals surface area contributed by atoms with Gasteiger partial charge in [-0.3, -0.25) is 9.55 Å². The summed E-state index contributed by atoms with van der Waals surface area (Å²) in [5.41, 5.74) is -0.918. The molecule has 0 aliphatic heterocycles. The second-order valence-electron chi connectivity index (χ2n) is 8.78. The number of benzene rings is 2. The van der Waals surface area contributed by atoms with E-state index in [1.54, 1.807) is 19.1 Å². The van der Waals surface area contributed by atoms with Gasteiger partial charge in [-0.2, -0.15) is 10.2 Å². The van der Waals surface area contributed by atoms with Gasteiger partial charge in [-0.15, -0.1) is 0 Å². The van der Waals surface area contributed by atoms with E-state index in [0.717, 1.165) is 32.6 Å². The van der Waals surface area contributed by atoms with E-state index < -0.39 is 36.0 Å². The summed E-state index contributed by atoms with van der Waals surface area (Å²) in [5, 5.41) is 14.5. The maximum absolute atomic E-state index is 15.1. The van der Waals surface area contributed by atoms with Gasteiger partial charge in [0.05, 0.1) is 46.4 Å². The van der Waals surface area contributed by atoms with Gasteiger partial charge in [0.15, 0.2) is 5.13 Å². The number of pyridine rings is 1. The van der Waals surface area contributed by atoms with Crippen molar-refractivity contribution in [2.45, 2.75) is 19.9 Å². The molecule has 0 atom stereocenters. The van der Waals surface area contributed by atoms with Crippen molar-refractivity contribution >= 4 is 38.3 Å². The number of alkyl halides is 2. The molecule has 10 nitrogen and oxygen atoms in total. The molecule has 3 aromatic heterocycles. The molecule has 0 spiro atoms. The number of halogens is 4. The summed E-state index contributed by atoms with van der Waals surface area (Å²) in [6.07, 6.45) is 0.227. The van der Waals surface area contributed by atoms with Gasteiger partial charge in [0.2, 0.25) is 5.95 Å². The zero-order valence-corrected chi connectivity index (χ0v) is 21.8. The number of hydrogen-bond donors (Lipinski definition) is 2. The summed E-state index contributed by atoms with van der Waals surface area (Å²) in [7, 11) is 0. The van der Waals surface area contributed by atoms with Crippen LogP contribution in [0.25, 0.3) is 15.9 Å². The highest BCUT2D eigenvalue weighted by molar-refractivity contribution is 7.22. The maximum Gasteiger partial charge on any atom is 0.359 e. The number of rotatable bonds is 8. The normalized spacial score (nSPS) is 11.1. The number of nitriles is 1. The molecular formula is C26H18F4N8O2S. The summed E-state index contributed by atoms with van der Waals surface area (Å²) in [4.78, 5) is 38.8. The standard InChI is InChI=1S/C26H18F4N8O2S/c1-13-4-16(10-32-9-13)38-25(39)36-23(37(26(38)40)12-14-2-3-17(27)15(5-14)8-31)34-19-7-21-20(6-18(19)28)35-24(41-21)33-11-22(29)30/h2-7,9-10,22H,11-12H2,1H3,(H,33,35)(H,34,36,39). The van der Waals surface area contributed by atoms with Gasteiger partial charge in [0.25, 0.3) is 6.43 Å². The minimum Gasteiger partial charge on any atom is -0.356 e. The van der Waals surface area contributed by atoms with Gasteiger partial charge < -0.3 is 10.6 Å². The van der Waals surface area contributed by atoms with Gasteiger partial charge in [-0.25, -0.2) is 36.7 Å². The quantitative estimate of drug-likeness (QED) is 0.259. The van der Waals surface area contributed by atoms with Crippen LogP contribution in [0.3, 0.4) is 0 Å². The molecule has 2 aromatic carbocycles. The van der Waals surface area contributed by atoms with Crippen LogP contribution >= 0.6 is 11.3 Å². The number of nitrogens with zero attached hydrogens (tertiary/aromatic N) is 6. The fourth-order valence-electron chi connectivity index (χ4n) is 3.96. The number of thiazole rings is 1. The van der Waals surface area contributed by atoms with Gasteiger partial charge in [-0.1, -0.05) is 17.4 Å². The lowest BCUT2D eigenvalue weighted by Gasteiger charge is -2.16. The van der Waals surface area contributed by atoms with Gasteiger partial charge in [-0.05, 0) is 42.3 Å². The summed E-state index contributed by atoms with van der Waals surface area (Å²) in [6, 6.07) is 9.36. The maximum atomic E-state index is 15.1. The smallest absolute Gasteiger partial charge is 0.356 e. The Labute approximate surface area is 232 Å². The largest absolute Gasteiger partial charge is 0.359 e. The minimum absolute atomic E-state index is 0.144. The zero-order valence-electron chi connectivity index (χ0n) is 21.0. The van der Waals surface area contributed by atoms with E-state index in [2.05, 4.69) is 25.6 Å². The minimum atomic E-state index is -2.61. The molecule has 0 fully saturated rings. The summed E-state index contributed by atoms with van der Waals surface area (Å²) >= 11 is 1.00. The molecule has 208 valence electrons. The summed E-state index contributed by atoms with van der Waals surface area (Å²) in [5.74, 6) is -1.90. The summed E-state index contributed by atoms with van der Waals surface area (Å²) in [6.45, 7) is 0.820. The number of nitrogens with one attached hydrogen (secondary N) is 2. The number of fused-ring (bicyclic) bond motifs is 1. The first-order chi connectivity index (χ1) is 19.6. The van der Waals surface area contributed by atoms with Crippen LogP contribution < -0.4 is 22.0 Å². The van der Waals surface area contributed by atoms with E-state index in [0.29, 0.717) is 15.8 Å². The second kappa shape index (κ2) is 11.2.